The molecule has 0 aliphatic rings. The molecule has 0 aromatic carbocycles. The number of carboxylic acid groups (broad SMARTS) is 1. The quantitative estimate of drug-likeness (QED) is 0.832. The van der Waals surface area contributed by atoms with Crippen LogP contribution in [0, 0.1) is 5.92 Å². The summed E-state index contributed by atoms with van der Waals surface area (Å²) in [5.74, 6) is -0.252. The van der Waals surface area contributed by atoms with Gasteiger partial charge in [0.25, 0.3) is 0 Å². The van der Waals surface area contributed by atoms with Gasteiger partial charge in [0.2, 0.25) is 0 Å². The van der Waals surface area contributed by atoms with Crippen LogP contribution in [0.15, 0.2) is 17.5 Å². The summed E-state index contributed by atoms with van der Waals surface area (Å²) in [4.78, 5) is 14.0. The van der Waals surface area contributed by atoms with Crippen LogP contribution in [0.2, 0.25) is 0 Å². The summed E-state index contributed by atoms with van der Waals surface area (Å²) in [6.07, 6.45) is 0.199. The minimum Gasteiger partial charge on any atom is -0.481 e. The summed E-state index contributed by atoms with van der Waals surface area (Å²) in [5, 5.41) is 10.8. The van der Waals surface area contributed by atoms with Crippen LogP contribution in [0.5, 0.6) is 0 Å². The number of thiophene rings is 1. The third-order valence-corrected chi connectivity index (χ3v) is 3.56. The minimum atomic E-state index is -0.736. The zero-order chi connectivity index (χ0) is 12.1. The highest BCUT2D eigenvalue weighted by molar-refractivity contribution is 7.10. The van der Waals surface area contributed by atoms with Crippen molar-refractivity contribution in [2.75, 3.05) is 13.6 Å². The number of rotatable bonds is 6. The number of carbonyl (C=O) groups is 1. The van der Waals surface area contributed by atoms with Gasteiger partial charge in [0.1, 0.15) is 0 Å². The lowest BCUT2D eigenvalue weighted by Gasteiger charge is -2.30. The number of hydrogen-bond acceptors (Lipinski definition) is 3. The Bertz CT molecular complexity index is 322. The number of aliphatic carboxylic acids is 1. The first kappa shape index (κ1) is 13.2. The molecule has 3 nitrogen and oxygen atoms in total. The Hall–Kier alpha value is -0.870. The topological polar surface area (TPSA) is 40.5 Å². The SMILES string of the molecule is CC(C)C(c1cccs1)N(C)CCC(=O)O. The average Bonchev–Trinajstić information content (AvgIpc) is 2.67. The Balaban J connectivity index is 2.67. The van der Waals surface area contributed by atoms with Crippen LogP contribution in [0.1, 0.15) is 31.2 Å². The van der Waals surface area contributed by atoms with Crippen LogP contribution in [0.3, 0.4) is 0 Å². The molecule has 1 N–H and O–H groups in total. The third-order valence-electron chi connectivity index (χ3n) is 2.62. The highest BCUT2D eigenvalue weighted by atomic mass is 32.1. The summed E-state index contributed by atoms with van der Waals surface area (Å²) in [6.45, 7) is 4.93. The Morgan fingerprint density at radius 3 is 2.69 bits per heavy atom. The molecule has 0 fully saturated rings. The highest BCUT2D eigenvalue weighted by Gasteiger charge is 2.21. The van der Waals surface area contributed by atoms with E-state index in [1.165, 1.54) is 4.88 Å². The molecule has 0 saturated carbocycles. The van der Waals surface area contributed by atoms with Gasteiger partial charge in [-0.25, -0.2) is 0 Å². The Kier molecular flexibility index (Phi) is 4.96. The molecule has 4 heteroatoms. The zero-order valence-corrected chi connectivity index (χ0v) is 10.8. The van der Waals surface area contributed by atoms with Crippen molar-refractivity contribution in [3.8, 4) is 0 Å². The summed E-state index contributed by atoms with van der Waals surface area (Å²) in [5.41, 5.74) is 0. The van der Waals surface area contributed by atoms with Crippen molar-refractivity contribution in [2.24, 2.45) is 5.92 Å². The van der Waals surface area contributed by atoms with Gasteiger partial charge in [0.15, 0.2) is 0 Å². The normalized spacial score (nSPS) is 13.3. The molecule has 1 rings (SSSR count). The smallest absolute Gasteiger partial charge is 0.304 e. The molecule has 0 aliphatic heterocycles. The van der Waals surface area contributed by atoms with E-state index in [2.05, 4.69) is 30.2 Å². The maximum absolute atomic E-state index is 10.6. The molecule has 1 aromatic rings. The molecule has 1 heterocycles. The molecular weight excluding hydrogens is 222 g/mol. The predicted molar refractivity (Wildman–Crippen MR) is 66.8 cm³/mol. The van der Waals surface area contributed by atoms with E-state index in [1.54, 1.807) is 11.3 Å². The van der Waals surface area contributed by atoms with E-state index < -0.39 is 5.97 Å². The Morgan fingerprint density at radius 1 is 1.56 bits per heavy atom. The molecule has 0 amide bonds. The first-order chi connectivity index (χ1) is 7.52. The van der Waals surface area contributed by atoms with Crippen molar-refractivity contribution in [1.29, 1.82) is 0 Å². The maximum atomic E-state index is 10.6. The van der Waals surface area contributed by atoms with Crippen LogP contribution in [-0.4, -0.2) is 29.6 Å². The minimum absolute atomic E-state index is 0.199. The van der Waals surface area contributed by atoms with Gasteiger partial charge in [-0.2, -0.15) is 0 Å². The van der Waals surface area contributed by atoms with Gasteiger partial charge in [-0.3, -0.25) is 9.69 Å². The van der Waals surface area contributed by atoms with E-state index in [0.29, 0.717) is 18.5 Å². The number of nitrogens with zero attached hydrogens (tertiary/aromatic N) is 1. The van der Waals surface area contributed by atoms with Crippen LogP contribution < -0.4 is 0 Å². The van der Waals surface area contributed by atoms with Crippen LogP contribution >= 0.6 is 11.3 Å². The lowest BCUT2D eigenvalue weighted by Crippen LogP contribution is -2.29. The van der Waals surface area contributed by atoms with Crippen molar-refractivity contribution in [3.05, 3.63) is 22.4 Å². The summed E-state index contributed by atoms with van der Waals surface area (Å²) in [6, 6.07) is 4.48. The van der Waals surface area contributed by atoms with Gasteiger partial charge in [-0.15, -0.1) is 11.3 Å². The molecule has 0 saturated heterocycles. The van der Waals surface area contributed by atoms with E-state index in [1.807, 2.05) is 13.1 Å². The fraction of sp³-hybridized carbons (Fsp3) is 0.583. The standard InChI is InChI=1S/C12H19NO2S/c1-9(2)12(10-5-4-8-16-10)13(3)7-6-11(14)15/h4-5,8-9,12H,6-7H2,1-3H3,(H,14,15). The van der Waals surface area contributed by atoms with Gasteiger partial charge >= 0.3 is 5.97 Å². The molecule has 1 unspecified atom stereocenters. The van der Waals surface area contributed by atoms with Crippen molar-refractivity contribution in [1.82, 2.24) is 4.90 Å². The highest BCUT2D eigenvalue weighted by Crippen LogP contribution is 2.30. The van der Waals surface area contributed by atoms with Crippen LogP contribution in [0.4, 0.5) is 0 Å². The van der Waals surface area contributed by atoms with E-state index in [-0.39, 0.29) is 6.42 Å². The molecule has 90 valence electrons. The zero-order valence-electron chi connectivity index (χ0n) is 10.0. The summed E-state index contributed by atoms with van der Waals surface area (Å²) in [7, 11) is 1.99. The van der Waals surface area contributed by atoms with Crippen molar-refractivity contribution >= 4 is 17.3 Å². The van der Waals surface area contributed by atoms with Crippen molar-refractivity contribution in [3.63, 3.8) is 0 Å². The van der Waals surface area contributed by atoms with E-state index in [0.717, 1.165) is 0 Å². The number of hydrogen-bond donors (Lipinski definition) is 1. The van der Waals surface area contributed by atoms with Crippen LogP contribution in [0.25, 0.3) is 0 Å². The molecule has 1 atom stereocenters. The van der Waals surface area contributed by atoms with Gasteiger partial charge in [0, 0.05) is 17.5 Å². The van der Waals surface area contributed by atoms with Crippen molar-refractivity contribution < 1.29 is 9.90 Å². The predicted octanol–water partition coefficient (Wildman–Crippen LogP) is 2.85. The molecule has 0 bridgehead atoms. The summed E-state index contributed by atoms with van der Waals surface area (Å²) >= 11 is 1.73. The van der Waals surface area contributed by atoms with Gasteiger partial charge in [-0.1, -0.05) is 19.9 Å². The monoisotopic (exact) mass is 241 g/mol. The second kappa shape index (κ2) is 6.01. The van der Waals surface area contributed by atoms with Crippen molar-refractivity contribution in [2.45, 2.75) is 26.3 Å². The lowest BCUT2D eigenvalue weighted by molar-refractivity contribution is -0.137. The van der Waals surface area contributed by atoms with E-state index in [4.69, 9.17) is 5.11 Å². The molecule has 0 aliphatic carbocycles. The Labute approximate surface area is 101 Å². The maximum Gasteiger partial charge on any atom is 0.304 e. The van der Waals surface area contributed by atoms with E-state index in [9.17, 15) is 4.79 Å². The van der Waals surface area contributed by atoms with Gasteiger partial charge in [0.05, 0.1) is 6.42 Å². The molecule has 16 heavy (non-hydrogen) atoms. The van der Waals surface area contributed by atoms with E-state index >= 15 is 0 Å². The molecule has 0 spiro atoms. The molecular formula is C12H19NO2S. The number of carboxylic acids is 1. The first-order valence-electron chi connectivity index (χ1n) is 5.47. The second-order valence-corrected chi connectivity index (χ2v) is 5.31. The van der Waals surface area contributed by atoms with Crippen LogP contribution in [-0.2, 0) is 4.79 Å². The fourth-order valence-electron chi connectivity index (χ4n) is 1.93. The van der Waals surface area contributed by atoms with Gasteiger partial charge < -0.3 is 5.11 Å². The van der Waals surface area contributed by atoms with Gasteiger partial charge in [-0.05, 0) is 24.4 Å². The summed E-state index contributed by atoms with van der Waals surface area (Å²) < 4.78 is 0. The molecule has 1 aromatic heterocycles. The largest absolute Gasteiger partial charge is 0.481 e. The average molecular weight is 241 g/mol. The first-order valence-corrected chi connectivity index (χ1v) is 6.35. The second-order valence-electron chi connectivity index (χ2n) is 4.33. The fourth-order valence-corrected chi connectivity index (χ4v) is 2.99. The molecule has 0 radical (unpaired) electrons. The lowest BCUT2D eigenvalue weighted by atomic mass is 10.0. The Morgan fingerprint density at radius 2 is 2.25 bits per heavy atom. The third kappa shape index (κ3) is 3.61.